The Balaban J connectivity index is 1.83. The van der Waals surface area contributed by atoms with E-state index in [-0.39, 0.29) is 0 Å². The van der Waals surface area contributed by atoms with Crippen LogP contribution in [-0.4, -0.2) is 28.4 Å². The smallest absolute Gasteiger partial charge is 0.169 e. The van der Waals surface area contributed by atoms with Crippen molar-refractivity contribution < 1.29 is 9.47 Å². The average Bonchev–Trinajstić information content (AvgIpc) is 2.92. The molecule has 0 amide bonds. The lowest BCUT2D eigenvalue weighted by Gasteiger charge is -2.20. The third-order valence-electron chi connectivity index (χ3n) is 3.43. The summed E-state index contributed by atoms with van der Waals surface area (Å²) in [5, 5.41) is 12.2. The number of fused-ring (bicyclic) bond motifs is 3. The van der Waals surface area contributed by atoms with Crippen molar-refractivity contribution in [1.82, 2.24) is 15.2 Å². The maximum absolute atomic E-state index is 6.30. The molecule has 0 aliphatic carbocycles. The number of halogens is 1. The van der Waals surface area contributed by atoms with Crippen LogP contribution in [0.2, 0.25) is 5.15 Å². The summed E-state index contributed by atoms with van der Waals surface area (Å²) >= 11 is 6.30. The van der Waals surface area contributed by atoms with Gasteiger partial charge < -0.3 is 14.8 Å². The molecule has 0 unspecified atom stereocenters. The third kappa shape index (κ3) is 2.21. The summed E-state index contributed by atoms with van der Waals surface area (Å²) in [5.74, 6) is 2.71. The van der Waals surface area contributed by atoms with Crippen molar-refractivity contribution in [2.75, 3.05) is 18.5 Å². The number of hydrogen-bond acceptors (Lipinski definition) is 5. The number of nitrogens with one attached hydrogen (secondary N) is 2. The Kier molecular flexibility index (Phi) is 3.04. The van der Waals surface area contributed by atoms with Crippen LogP contribution in [0.3, 0.4) is 0 Å². The van der Waals surface area contributed by atoms with E-state index in [0.29, 0.717) is 35.8 Å². The Morgan fingerprint density at radius 3 is 2.82 bits per heavy atom. The molecule has 0 atom stereocenters. The molecule has 7 heteroatoms. The number of benzene rings is 1. The molecule has 112 valence electrons. The first-order chi connectivity index (χ1) is 10.7. The zero-order valence-corrected chi connectivity index (χ0v) is 12.6. The molecule has 22 heavy (non-hydrogen) atoms. The second-order valence-corrected chi connectivity index (χ2v) is 5.40. The van der Waals surface area contributed by atoms with Crippen LogP contribution < -0.4 is 14.8 Å². The summed E-state index contributed by atoms with van der Waals surface area (Å²) in [6.45, 7) is 3.00. The summed E-state index contributed by atoms with van der Waals surface area (Å²) in [6.07, 6.45) is 0. The number of pyridine rings is 1. The van der Waals surface area contributed by atoms with E-state index in [1.54, 1.807) is 0 Å². The summed E-state index contributed by atoms with van der Waals surface area (Å²) in [6, 6.07) is 7.52. The van der Waals surface area contributed by atoms with Crippen molar-refractivity contribution in [2.24, 2.45) is 0 Å². The predicted molar refractivity (Wildman–Crippen MR) is 84.4 cm³/mol. The van der Waals surface area contributed by atoms with Crippen LogP contribution in [0.4, 0.5) is 11.6 Å². The predicted octanol–water partition coefficient (Wildman–Crippen LogP) is 3.43. The fourth-order valence-electron chi connectivity index (χ4n) is 2.47. The SMILES string of the molecule is Cc1cc(Nc2cc3c4c(ccc3c(Cl)n2)OCCO4)n[nH]1. The van der Waals surface area contributed by atoms with Crippen molar-refractivity contribution in [1.29, 1.82) is 0 Å². The van der Waals surface area contributed by atoms with Gasteiger partial charge >= 0.3 is 0 Å². The van der Waals surface area contributed by atoms with Gasteiger partial charge in [-0.25, -0.2) is 4.98 Å². The van der Waals surface area contributed by atoms with Crippen LogP contribution in [0, 0.1) is 6.92 Å². The molecular formula is C15H13ClN4O2. The highest BCUT2D eigenvalue weighted by Gasteiger charge is 2.17. The van der Waals surface area contributed by atoms with Gasteiger partial charge in [-0.3, -0.25) is 5.10 Å². The average molecular weight is 317 g/mol. The van der Waals surface area contributed by atoms with E-state index in [4.69, 9.17) is 21.1 Å². The van der Waals surface area contributed by atoms with Crippen molar-refractivity contribution in [2.45, 2.75) is 6.92 Å². The first kappa shape index (κ1) is 13.2. The molecule has 0 spiro atoms. The number of aromatic nitrogens is 3. The minimum atomic E-state index is 0.407. The molecule has 0 bridgehead atoms. The van der Waals surface area contributed by atoms with Gasteiger partial charge in [-0.2, -0.15) is 5.10 Å². The monoisotopic (exact) mass is 316 g/mol. The zero-order chi connectivity index (χ0) is 15.1. The molecule has 0 radical (unpaired) electrons. The number of aromatic amines is 1. The van der Waals surface area contributed by atoms with Gasteiger partial charge in [0.2, 0.25) is 0 Å². The highest BCUT2D eigenvalue weighted by atomic mass is 35.5. The van der Waals surface area contributed by atoms with Gasteiger partial charge in [0, 0.05) is 22.5 Å². The van der Waals surface area contributed by atoms with E-state index in [0.717, 1.165) is 22.2 Å². The van der Waals surface area contributed by atoms with Crippen LogP contribution in [0.15, 0.2) is 24.3 Å². The molecule has 2 aromatic heterocycles. The van der Waals surface area contributed by atoms with Gasteiger partial charge in [-0.15, -0.1) is 0 Å². The summed E-state index contributed by atoms with van der Waals surface area (Å²) in [5.41, 5.74) is 0.962. The molecule has 0 saturated heterocycles. The minimum Gasteiger partial charge on any atom is -0.486 e. The highest BCUT2D eigenvalue weighted by Crippen LogP contribution is 2.40. The maximum Gasteiger partial charge on any atom is 0.169 e. The van der Waals surface area contributed by atoms with E-state index in [1.165, 1.54) is 0 Å². The summed E-state index contributed by atoms with van der Waals surface area (Å²) in [7, 11) is 0. The number of hydrogen-bond donors (Lipinski definition) is 2. The van der Waals surface area contributed by atoms with E-state index in [2.05, 4.69) is 20.5 Å². The molecule has 0 saturated carbocycles. The molecular weight excluding hydrogens is 304 g/mol. The second kappa shape index (κ2) is 5.06. The lowest BCUT2D eigenvalue weighted by atomic mass is 10.1. The van der Waals surface area contributed by atoms with Crippen LogP contribution in [-0.2, 0) is 0 Å². The van der Waals surface area contributed by atoms with E-state index in [1.807, 2.05) is 31.2 Å². The molecule has 2 N–H and O–H groups in total. The van der Waals surface area contributed by atoms with Crippen molar-refractivity contribution >= 4 is 34.0 Å². The van der Waals surface area contributed by atoms with Crippen molar-refractivity contribution in [3.8, 4) is 11.5 Å². The number of rotatable bonds is 2. The number of nitrogens with zero attached hydrogens (tertiary/aromatic N) is 2. The number of H-pyrrole nitrogens is 1. The first-order valence-corrected chi connectivity index (χ1v) is 7.26. The van der Waals surface area contributed by atoms with Crippen molar-refractivity contribution in [3.63, 3.8) is 0 Å². The molecule has 1 aromatic carbocycles. The van der Waals surface area contributed by atoms with Gasteiger partial charge in [-0.1, -0.05) is 11.6 Å². The minimum absolute atomic E-state index is 0.407. The molecule has 6 nitrogen and oxygen atoms in total. The van der Waals surface area contributed by atoms with Crippen LogP contribution in [0.5, 0.6) is 11.5 Å². The standard InChI is InChI=1S/C15H13ClN4O2/c1-8-6-13(20-19-8)17-12-7-10-9(15(16)18-12)2-3-11-14(10)22-5-4-21-11/h2-3,6-7H,4-5H2,1H3,(H2,17,18,19,20). The van der Waals surface area contributed by atoms with Crippen LogP contribution >= 0.6 is 11.6 Å². The zero-order valence-electron chi connectivity index (χ0n) is 11.8. The topological polar surface area (TPSA) is 72.1 Å². The third-order valence-corrected chi connectivity index (χ3v) is 3.72. The number of aryl methyl sites for hydroxylation is 1. The van der Waals surface area contributed by atoms with Crippen LogP contribution in [0.25, 0.3) is 10.8 Å². The Bertz CT molecular complexity index is 862. The maximum atomic E-state index is 6.30. The van der Waals surface area contributed by atoms with E-state index >= 15 is 0 Å². The lowest BCUT2D eigenvalue weighted by molar-refractivity contribution is 0.174. The molecule has 0 fully saturated rings. The Morgan fingerprint density at radius 2 is 2.00 bits per heavy atom. The Labute approximate surface area is 131 Å². The fourth-order valence-corrected chi connectivity index (χ4v) is 2.73. The fraction of sp³-hybridized carbons (Fsp3) is 0.200. The highest BCUT2D eigenvalue weighted by molar-refractivity contribution is 6.34. The van der Waals surface area contributed by atoms with Gasteiger partial charge in [0.15, 0.2) is 17.3 Å². The van der Waals surface area contributed by atoms with E-state index < -0.39 is 0 Å². The van der Waals surface area contributed by atoms with Gasteiger partial charge in [-0.05, 0) is 25.1 Å². The Morgan fingerprint density at radius 1 is 1.14 bits per heavy atom. The number of ether oxygens (including phenoxy) is 2. The summed E-state index contributed by atoms with van der Waals surface area (Å²) in [4.78, 5) is 4.36. The van der Waals surface area contributed by atoms with Gasteiger partial charge in [0.25, 0.3) is 0 Å². The quantitative estimate of drug-likeness (QED) is 0.709. The molecule has 3 heterocycles. The molecule has 1 aliphatic heterocycles. The number of anilines is 2. The Hall–Kier alpha value is -2.47. The lowest BCUT2D eigenvalue weighted by Crippen LogP contribution is -2.15. The second-order valence-electron chi connectivity index (χ2n) is 5.04. The largest absolute Gasteiger partial charge is 0.486 e. The summed E-state index contributed by atoms with van der Waals surface area (Å²) < 4.78 is 11.3. The van der Waals surface area contributed by atoms with Gasteiger partial charge in [0.05, 0.1) is 0 Å². The van der Waals surface area contributed by atoms with Crippen LogP contribution in [0.1, 0.15) is 5.69 Å². The molecule has 3 aromatic rings. The normalized spacial score (nSPS) is 13.4. The molecule has 1 aliphatic rings. The molecule has 4 rings (SSSR count). The van der Waals surface area contributed by atoms with E-state index in [9.17, 15) is 0 Å². The van der Waals surface area contributed by atoms with Crippen molar-refractivity contribution in [3.05, 3.63) is 35.1 Å². The van der Waals surface area contributed by atoms with Gasteiger partial charge in [0.1, 0.15) is 24.2 Å². The first-order valence-electron chi connectivity index (χ1n) is 6.88.